The van der Waals surface area contributed by atoms with Crippen LogP contribution in [0.15, 0.2) is 42.5 Å². The van der Waals surface area contributed by atoms with Crippen LogP contribution in [-0.4, -0.2) is 47.9 Å². The molecule has 0 spiro atoms. The van der Waals surface area contributed by atoms with Crippen LogP contribution in [-0.2, 0) is 16.0 Å². The van der Waals surface area contributed by atoms with Gasteiger partial charge in [0, 0.05) is 12.6 Å². The van der Waals surface area contributed by atoms with E-state index in [0.717, 1.165) is 12.2 Å². The van der Waals surface area contributed by atoms with Crippen molar-refractivity contribution in [3.05, 3.63) is 53.6 Å². The number of carboxylic acid groups (broad SMARTS) is 1. The highest BCUT2D eigenvalue weighted by atomic mass is 16.5. The average Bonchev–Trinajstić information content (AvgIpc) is 2.69. The lowest BCUT2D eigenvalue weighted by Crippen LogP contribution is -2.32. The zero-order valence-corrected chi connectivity index (χ0v) is 15.8. The normalized spacial score (nSPS) is 12.1. The molecule has 2 unspecified atom stereocenters. The molecule has 2 aromatic carbocycles. The number of aliphatic hydroxyl groups is 1. The van der Waals surface area contributed by atoms with Crippen LogP contribution in [0, 0.1) is 0 Å². The second-order valence-electron chi connectivity index (χ2n) is 6.02. The number of ether oxygens (including phenoxy) is 1. The number of hydrogen-bond acceptors (Lipinski definition) is 6. The third-order valence-corrected chi connectivity index (χ3v) is 3.98. The fraction of sp³-hybridized carbons (Fsp3) is 0.300. The fourth-order valence-corrected chi connectivity index (χ4v) is 2.56. The number of carbonyl (C=O) groups is 2. The van der Waals surface area contributed by atoms with Gasteiger partial charge >= 0.3 is 0 Å². The summed E-state index contributed by atoms with van der Waals surface area (Å²) in [5.41, 5.74) is 2.07. The number of amides is 1. The summed E-state index contributed by atoms with van der Waals surface area (Å²) in [4.78, 5) is 18.9. The van der Waals surface area contributed by atoms with Crippen molar-refractivity contribution >= 4 is 18.6 Å². The molecule has 0 aliphatic carbocycles. The number of aliphatic hydroxyl groups excluding tert-OH is 1. The molecule has 0 saturated carbocycles. The van der Waals surface area contributed by atoms with Gasteiger partial charge in [0.2, 0.25) is 6.41 Å². The molecule has 5 N–H and O–H groups in total. The van der Waals surface area contributed by atoms with Crippen molar-refractivity contribution in [2.45, 2.75) is 25.5 Å². The molecule has 8 nitrogen and oxygen atoms in total. The Morgan fingerprint density at radius 1 is 1.14 bits per heavy atom. The Morgan fingerprint density at radius 3 is 2.36 bits per heavy atom. The minimum atomic E-state index is -0.744. The van der Waals surface area contributed by atoms with Crippen LogP contribution >= 0.6 is 0 Å². The summed E-state index contributed by atoms with van der Waals surface area (Å²) in [5.74, 6) is 0.788. The first kappa shape index (κ1) is 22.9. The van der Waals surface area contributed by atoms with E-state index in [1.165, 1.54) is 11.6 Å². The molecule has 0 aromatic heterocycles. The number of phenolic OH excluding ortho intramolecular Hbond substituents is 1. The fourth-order valence-electron chi connectivity index (χ4n) is 2.56. The lowest BCUT2D eigenvalue weighted by atomic mass is 10.1. The molecule has 0 fully saturated rings. The van der Waals surface area contributed by atoms with Crippen molar-refractivity contribution < 1.29 is 29.6 Å². The van der Waals surface area contributed by atoms with E-state index in [1.807, 2.05) is 31.2 Å². The topological polar surface area (TPSA) is 128 Å². The largest absolute Gasteiger partial charge is 0.506 e. The molecule has 2 atom stereocenters. The minimum absolute atomic E-state index is 0.0381. The first-order valence-corrected chi connectivity index (χ1v) is 8.60. The quantitative estimate of drug-likeness (QED) is 0.327. The number of methoxy groups -OCH3 is 1. The van der Waals surface area contributed by atoms with Crippen LogP contribution in [0.3, 0.4) is 0 Å². The highest BCUT2D eigenvalue weighted by Gasteiger charge is 2.12. The predicted octanol–water partition coefficient (Wildman–Crippen LogP) is 1.92. The van der Waals surface area contributed by atoms with Crippen LogP contribution in [0.4, 0.5) is 5.69 Å². The van der Waals surface area contributed by atoms with E-state index in [2.05, 4.69) is 10.6 Å². The third kappa shape index (κ3) is 7.65. The Hall–Kier alpha value is -3.10. The van der Waals surface area contributed by atoms with Gasteiger partial charge in [-0.15, -0.1) is 0 Å². The molecular formula is C20H26N2O6. The highest BCUT2D eigenvalue weighted by Crippen LogP contribution is 2.26. The lowest BCUT2D eigenvalue weighted by molar-refractivity contribution is -0.122. The SMILES string of the molecule is COc1ccc(CC(C)NCC(O)c2ccc(O)c(NC=O)c2)cc1.O=CO. The number of aromatic hydroxyl groups is 1. The lowest BCUT2D eigenvalue weighted by Gasteiger charge is -2.18. The molecule has 0 heterocycles. The monoisotopic (exact) mass is 390 g/mol. The molecule has 0 aliphatic rings. The van der Waals surface area contributed by atoms with Gasteiger partial charge in [0.1, 0.15) is 11.5 Å². The molecule has 1 amide bonds. The minimum Gasteiger partial charge on any atom is -0.506 e. The van der Waals surface area contributed by atoms with Crippen molar-refractivity contribution in [2.75, 3.05) is 19.0 Å². The van der Waals surface area contributed by atoms with Gasteiger partial charge in [0.05, 0.1) is 18.9 Å². The molecule has 0 saturated heterocycles. The van der Waals surface area contributed by atoms with Crippen LogP contribution < -0.4 is 15.4 Å². The van der Waals surface area contributed by atoms with Crippen LogP contribution in [0.25, 0.3) is 0 Å². The van der Waals surface area contributed by atoms with E-state index in [9.17, 15) is 15.0 Å². The van der Waals surface area contributed by atoms with Crippen molar-refractivity contribution in [1.82, 2.24) is 5.32 Å². The Bertz CT molecular complexity index is 736. The van der Waals surface area contributed by atoms with Gasteiger partial charge in [-0.05, 0) is 48.7 Å². The number of phenols is 1. The van der Waals surface area contributed by atoms with E-state index in [1.54, 1.807) is 19.2 Å². The number of hydrogen-bond donors (Lipinski definition) is 5. The van der Waals surface area contributed by atoms with Crippen molar-refractivity contribution in [3.8, 4) is 11.5 Å². The summed E-state index contributed by atoms with van der Waals surface area (Å²) in [6, 6.07) is 12.7. The van der Waals surface area contributed by atoms with Crippen molar-refractivity contribution in [1.29, 1.82) is 0 Å². The van der Waals surface area contributed by atoms with Gasteiger partial charge in [-0.3, -0.25) is 9.59 Å². The van der Waals surface area contributed by atoms with E-state index >= 15 is 0 Å². The zero-order valence-electron chi connectivity index (χ0n) is 15.8. The molecule has 0 aliphatic heterocycles. The number of nitrogens with one attached hydrogen (secondary N) is 2. The Labute approximate surface area is 163 Å². The maximum atomic E-state index is 10.5. The molecule has 8 heteroatoms. The summed E-state index contributed by atoms with van der Waals surface area (Å²) < 4.78 is 5.14. The van der Waals surface area contributed by atoms with Crippen molar-refractivity contribution in [3.63, 3.8) is 0 Å². The first-order valence-electron chi connectivity index (χ1n) is 8.60. The van der Waals surface area contributed by atoms with Gasteiger partial charge in [-0.25, -0.2) is 0 Å². The molecule has 152 valence electrons. The number of anilines is 1. The second-order valence-corrected chi connectivity index (χ2v) is 6.02. The van der Waals surface area contributed by atoms with Gasteiger partial charge < -0.3 is 30.7 Å². The summed E-state index contributed by atoms with van der Waals surface area (Å²) in [6.45, 7) is 2.16. The average molecular weight is 390 g/mol. The maximum absolute atomic E-state index is 10.5. The van der Waals surface area contributed by atoms with Crippen LogP contribution in [0.5, 0.6) is 11.5 Å². The summed E-state index contributed by atoms with van der Waals surface area (Å²) in [5, 5.41) is 32.5. The van der Waals surface area contributed by atoms with Gasteiger partial charge in [-0.1, -0.05) is 18.2 Å². The standard InChI is InChI=1S/C19H24N2O4.CH2O2/c1-13(9-14-3-6-16(25-2)7-4-14)20-11-19(24)15-5-8-18(23)17(10-15)21-12-22;2-1-3/h3-8,10,12-13,19-20,23-24H,9,11H2,1-2H3,(H,21,22);1H,(H,2,3). The van der Waals surface area contributed by atoms with Crippen molar-refractivity contribution in [2.24, 2.45) is 0 Å². The van der Waals surface area contributed by atoms with E-state index in [-0.39, 0.29) is 24.0 Å². The Balaban J connectivity index is 0.00000122. The molecular weight excluding hydrogens is 364 g/mol. The van der Waals surface area contributed by atoms with Crippen LogP contribution in [0.2, 0.25) is 0 Å². The third-order valence-electron chi connectivity index (χ3n) is 3.98. The smallest absolute Gasteiger partial charge is 0.290 e. The molecule has 0 radical (unpaired) electrons. The highest BCUT2D eigenvalue weighted by molar-refractivity contribution is 5.75. The zero-order chi connectivity index (χ0) is 20.9. The number of rotatable bonds is 9. The summed E-state index contributed by atoms with van der Waals surface area (Å²) >= 11 is 0. The maximum Gasteiger partial charge on any atom is 0.290 e. The van der Waals surface area contributed by atoms with E-state index in [4.69, 9.17) is 14.6 Å². The summed E-state index contributed by atoms with van der Waals surface area (Å²) in [6.07, 6.45) is 0.566. The van der Waals surface area contributed by atoms with Gasteiger partial charge in [0.25, 0.3) is 6.47 Å². The Kier molecular flexibility index (Phi) is 10.1. The molecule has 0 bridgehead atoms. The van der Waals surface area contributed by atoms with E-state index in [0.29, 0.717) is 18.5 Å². The van der Waals surface area contributed by atoms with E-state index < -0.39 is 6.10 Å². The first-order chi connectivity index (χ1) is 13.4. The molecule has 28 heavy (non-hydrogen) atoms. The predicted molar refractivity (Wildman–Crippen MR) is 106 cm³/mol. The second kappa shape index (κ2) is 12.3. The molecule has 2 aromatic rings. The molecule has 2 rings (SSSR count). The van der Waals surface area contributed by atoms with Gasteiger partial charge in [0.15, 0.2) is 0 Å². The van der Waals surface area contributed by atoms with Crippen LogP contribution in [0.1, 0.15) is 24.2 Å². The van der Waals surface area contributed by atoms with Gasteiger partial charge in [-0.2, -0.15) is 0 Å². The Morgan fingerprint density at radius 2 is 1.79 bits per heavy atom. The number of carbonyl (C=O) groups excluding carboxylic acids is 1. The summed E-state index contributed by atoms with van der Waals surface area (Å²) in [7, 11) is 1.64. The number of benzene rings is 2.